The number of benzene rings is 8. The number of rotatable bonds is 10. The molecule has 0 bridgehead atoms. The molecule has 0 aromatic heterocycles. The number of hydrogen-bond acceptors (Lipinski definition) is 2. The highest BCUT2D eigenvalue weighted by Gasteiger charge is 2.22. The van der Waals surface area contributed by atoms with E-state index >= 15 is 0 Å². The number of anilines is 6. The molecule has 0 heterocycles. The molecule has 2 nitrogen and oxygen atoms in total. The zero-order valence-electron chi connectivity index (χ0n) is 29.7. The molecule has 0 aliphatic rings. The van der Waals surface area contributed by atoms with Crippen molar-refractivity contribution in [2.24, 2.45) is 0 Å². The van der Waals surface area contributed by atoms with Crippen molar-refractivity contribution in [3.8, 4) is 22.3 Å². The summed E-state index contributed by atoms with van der Waals surface area (Å²) in [5.74, 6) is 0.517. The van der Waals surface area contributed by atoms with Crippen LogP contribution in [0.4, 0.5) is 34.1 Å². The SMILES string of the molecule is CCC(C)c1ccc(N(c2ccc(N(c3ccccc3-c3ccccc3)c3ccccc3-c3ccccc3)cc2)c2cccc3ccccc23)cc1. The van der Waals surface area contributed by atoms with E-state index in [9.17, 15) is 0 Å². The van der Waals surface area contributed by atoms with Gasteiger partial charge >= 0.3 is 0 Å². The summed E-state index contributed by atoms with van der Waals surface area (Å²) in [5, 5.41) is 2.44. The highest BCUT2D eigenvalue weighted by molar-refractivity contribution is 5.99. The second kappa shape index (κ2) is 14.8. The summed E-state index contributed by atoms with van der Waals surface area (Å²) in [4.78, 5) is 4.81. The van der Waals surface area contributed by atoms with Crippen LogP contribution >= 0.6 is 0 Å². The Morgan fingerprint density at radius 3 is 1.37 bits per heavy atom. The van der Waals surface area contributed by atoms with Gasteiger partial charge in [-0.2, -0.15) is 0 Å². The predicted molar refractivity (Wildman–Crippen MR) is 223 cm³/mol. The van der Waals surface area contributed by atoms with Crippen molar-refractivity contribution in [3.63, 3.8) is 0 Å². The van der Waals surface area contributed by atoms with Gasteiger partial charge in [0.05, 0.1) is 17.1 Å². The molecule has 52 heavy (non-hydrogen) atoms. The second-order valence-corrected chi connectivity index (χ2v) is 13.4. The highest BCUT2D eigenvalue weighted by Crippen LogP contribution is 2.46. The lowest BCUT2D eigenvalue weighted by atomic mass is 9.98. The lowest BCUT2D eigenvalue weighted by Crippen LogP contribution is -2.14. The van der Waals surface area contributed by atoms with Gasteiger partial charge in [-0.3, -0.25) is 0 Å². The van der Waals surface area contributed by atoms with Crippen LogP contribution < -0.4 is 9.80 Å². The van der Waals surface area contributed by atoms with E-state index in [1.165, 1.54) is 38.6 Å². The molecule has 0 saturated carbocycles. The lowest BCUT2D eigenvalue weighted by Gasteiger charge is -2.31. The fourth-order valence-corrected chi connectivity index (χ4v) is 7.24. The number of para-hydroxylation sites is 2. The first kappa shape index (κ1) is 32.8. The Morgan fingerprint density at radius 2 is 0.808 bits per heavy atom. The van der Waals surface area contributed by atoms with Crippen molar-refractivity contribution in [1.82, 2.24) is 0 Å². The number of nitrogens with zero attached hydrogens (tertiary/aromatic N) is 2. The topological polar surface area (TPSA) is 6.48 Å². The molecule has 0 radical (unpaired) electrons. The molecule has 0 aliphatic heterocycles. The van der Waals surface area contributed by atoms with Crippen LogP contribution in [-0.4, -0.2) is 0 Å². The van der Waals surface area contributed by atoms with Crippen LogP contribution in [0.1, 0.15) is 31.7 Å². The van der Waals surface area contributed by atoms with Crippen molar-refractivity contribution in [2.45, 2.75) is 26.2 Å². The van der Waals surface area contributed by atoms with Crippen LogP contribution in [0.25, 0.3) is 33.0 Å². The second-order valence-electron chi connectivity index (χ2n) is 13.4. The molecule has 0 saturated heterocycles. The van der Waals surface area contributed by atoms with E-state index in [2.05, 4.69) is 224 Å². The summed E-state index contributed by atoms with van der Waals surface area (Å²) < 4.78 is 0. The fourth-order valence-electron chi connectivity index (χ4n) is 7.24. The summed E-state index contributed by atoms with van der Waals surface area (Å²) >= 11 is 0. The Balaban J connectivity index is 1.30. The number of hydrogen-bond donors (Lipinski definition) is 0. The lowest BCUT2D eigenvalue weighted by molar-refractivity contribution is 0.733. The van der Waals surface area contributed by atoms with E-state index in [1.54, 1.807) is 0 Å². The third kappa shape index (κ3) is 6.48. The van der Waals surface area contributed by atoms with Gasteiger partial charge in [-0.1, -0.05) is 159 Å². The van der Waals surface area contributed by atoms with Crippen LogP contribution in [0, 0.1) is 0 Å². The maximum Gasteiger partial charge on any atom is 0.0540 e. The normalized spacial score (nSPS) is 11.7. The van der Waals surface area contributed by atoms with Gasteiger partial charge in [-0.25, -0.2) is 0 Å². The van der Waals surface area contributed by atoms with Crippen LogP contribution in [0.15, 0.2) is 200 Å². The van der Waals surface area contributed by atoms with Gasteiger partial charge in [0.2, 0.25) is 0 Å². The van der Waals surface area contributed by atoms with Crippen LogP contribution in [0.2, 0.25) is 0 Å². The molecule has 1 atom stereocenters. The Morgan fingerprint density at radius 1 is 0.385 bits per heavy atom. The summed E-state index contributed by atoms with van der Waals surface area (Å²) in [6.07, 6.45) is 1.12. The van der Waals surface area contributed by atoms with E-state index in [0.29, 0.717) is 5.92 Å². The van der Waals surface area contributed by atoms with Gasteiger partial charge in [0.25, 0.3) is 0 Å². The summed E-state index contributed by atoms with van der Waals surface area (Å²) in [6.45, 7) is 4.55. The minimum absolute atomic E-state index is 0.517. The monoisotopic (exact) mass is 670 g/mol. The van der Waals surface area contributed by atoms with Gasteiger partial charge in [0.15, 0.2) is 0 Å². The Labute approximate surface area is 307 Å². The van der Waals surface area contributed by atoms with Crippen molar-refractivity contribution in [3.05, 3.63) is 206 Å². The van der Waals surface area contributed by atoms with Crippen molar-refractivity contribution < 1.29 is 0 Å². The number of fused-ring (bicyclic) bond motifs is 1. The van der Waals surface area contributed by atoms with E-state index in [-0.39, 0.29) is 0 Å². The summed E-state index contributed by atoms with van der Waals surface area (Å²) in [7, 11) is 0. The van der Waals surface area contributed by atoms with E-state index in [0.717, 1.165) is 40.5 Å². The van der Waals surface area contributed by atoms with Gasteiger partial charge in [-0.15, -0.1) is 0 Å². The molecule has 0 spiro atoms. The summed E-state index contributed by atoms with van der Waals surface area (Å²) in [5.41, 5.74) is 12.8. The molecule has 8 aromatic rings. The third-order valence-electron chi connectivity index (χ3n) is 10.2. The maximum atomic E-state index is 2.41. The quantitative estimate of drug-likeness (QED) is 0.143. The van der Waals surface area contributed by atoms with Crippen LogP contribution in [0.5, 0.6) is 0 Å². The molecule has 0 N–H and O–H groups in total. The molecule has 0 amide bonds. The van der Waals surface area contributed by atoms with E-state index in [4.69, 9.17) is 0 Å². The zero-order valence-corrected chi connectivity index (χ0v) is 29.7. The largest absolute Gasteiger partial charge is 0.310 e. The molecule has 0 fully saturated rings. The molecule has 0 aliphatic carbocycles. The minimum Gasteiger partial charge on any atom is -0.310 e. The van der Waals surface area contributed by atoms with Gasteiger partial charge < -0.3 is 9.80 Å². The van der Waals surface area contributed by atoms with Gasteiger partial charge in [0.1, 0.15) is 0 Å². The Bertz CT molecular complexity index is 2310. The maximum absolute atomic E-state index is 2.41. The van der Waals surface area contributed by atoms with Crippen LogP contribution in [0.3, 0.4) is 0 Å². The van der Waals surface area contributed by atoms with Crippen LogP contribution in [-0.2, 0) is 0 Å². The Hall–Kier alpha value is -6.38. The molecule has 2 heteroatoms. The molecule has 8 aromatic carbocycles. The highest BCUT2D eigenvalue weighted by atomic mass is 15.2. The molecule has 8 rings (SSSR count). The van der Waals surface area contributed by atoms with E-state index in [1.807, 2.05) is 0 Å². The smallest absolute Gasteiger partial charge is 0.0540 e. The van der Waals surface area contributed by atoms with E-state index < -0.39 is 0 Å². The zero-order chi connectivity index (χ0) is 35.3. The molecular weight excluding hydrogens is 629 g/mol. The van der Waals surface area contributed by atoms with Crippen molar-refractivity contribution in [1.29, 1.82) is 0 Å². The Kier molecular flexibility index (Phi) is 9.37. The predicted octanol–water partition coefficient (Wildman–Crippen LogP) is 14.6. The fraction of sp³-hybridized carbons (Fsp3) is 0.0800. The van der Waals surface area contributed by atoms with Crippen molar-refractivity contribution >= 4 is 44.9 Å². The minimum atomic E-state index is 0.517. The molecular formula is C50H42N2. The van der Waals surface area contributed by atoms with Gasteiger partial charge in [0, 0.05) is 33.6 Å². The average Bonchev–Trinajstić information content (AvgIpc) is 3.23. The molecule has 1 unspecified atom stereocenters. The first-order valence-electron chi connectivity index (χ1n) is 18.3. The average molecular weight is 671 g/mol. The van der Waals surface area contributed by atoms with Gasteiger partial charge in [-0.05, 0) is 89.0 Å². The summed E-state index contributed by atoms with van der Waals surface area (Å²) in [6, 6.07) is 72.3. The standard InChI is InChI=1S/C50H42N2/c1-3-37(2)38-29-31-42(32-30-38)51(48-28-16-22-41-21-10-11-23-45(41)48)43-33-35-44(36-34-43)52(49-26-14-12-24-46(49)39-17-6-4-7-18-39)50-27-15-13-25-47(50)40-19-8-5-9-20-40/h4-37H,3H2,1-2H3. The first-order valence-corrected chi connectivity index (χ1v) is 18.3. The van der Waals surface area contributed by atoms with Crippen molar-refractivity contribution in [2.75, 3.05) is 9.80 Å². The third-order valence-corrected chi connectivity index (χ3v) is 10.2. The first-order chi connectivity index (χ1) is 25.7. The molecule has 252 valence electrons.